The molecule has 1 unspecified atom stereocenters. The van der Waals surface area contributed by atoms with Crippen LogP contribution in [-0.2, 0) is 16.3 Å². The zero-order valence-corrected chi connectivity index (χ0v) is 14.4. The van der Waals surface area contributed by atoms with Crippen molar-refractivity contribution in [3.05, 3.63) is 15.7 Å². The number of nitrogens with zero attached hydrogens (tertiary/aromatic N) is 2. The lowest BCUT2D eigenvalue weighted by atomic mass is 10.1. The molecule has 0 aliphatic heterocycles. The summed E-state index contributed by atoms with van der Waals surface area (Å²) in [6.45, 7) is 3.53. The third-order valence-corrected chi connectivity index (χ3v) is 5.62. The maximum atomic E-state index is 11.9. The SMILES string of the molecule is Cc1c(CC(C)NC(=O)O)sc2c(S(C)(=O)=O)nc(Cl)nc12. The molecule has 0 radical (unpaired) electrons. The molecule has 1 amide bonds. The van der Waals surface area contributed by atoms with Crippen molar-refractivity contribution in [1.82, 2.24) is 15.3 Å². The maximum absolute atomic E-state index is 11.9. The molecule has 0 fully saturated rings. The summed E-state index contributed by atoms with van der Waals surface area (Å²) in [5.41, 5.74) is 1.27. The molecule has 2 N–H and O–H groups in total. The molecule has 0 bridgehead atoms. The number of nitrogens with one attached hydrogen (secondary N) is 1. The van der Waals surface area contributed by atoms with E-state index in [2.05, 4.69) is 15.3 Å². The van der Waals surface area contributed by atoms with Crippen molar-refractivity contribution in [3.8, 4) is 0 Å². The van der Waals surface area contributed by atoms with Gasteiger partial charge in [0, 0.05) is 23.6 Å². The van der Waals surface area contributed by atoms with E-state index in [0.29, 0.717) is 16.6 Å². The zero-order chi connectivity index (χ0) is 16.7. The third-order valence-electron chi connectivity index (χ3n) is 3.02. The van der Waals surface area contributed by atoms with Gasteiger partial charge >= 0.3 is 6.09 Å². The minimum absolute atomic E-state index is 0.0966. The van der Waals surface area contributed by atoms with E-state index in [1.807, 2.05) is 0 Å². The highest BCUT2D eigenvalue weighted by atomic mass is 35.5. The fraction of sp³-hybridized carbons (Fsp3) is 0.417. The first-order valence-corrected chi connectivity index (χ1v) is 9.33. The van der Waals surface area contributed by atoms with Crippen LogP contribution in [0.3, 0.4) is 0 Å². The second kappa shape index (κ2) is 5.98. The van der Waals surface area contributed by atoms with E-state index < -0.39 is 15.9 Å². The van der Waals surface area contributed by atoms with E-state index >= 15 is 0 Å². The number of amides is 1. The van der Waals surface area contributed by atoms with Crippen LogP contribution < -0.4 is 5.32 Å². The summed E-state index contributed by atoms with van der Waals surface area (Å²) in [5, 5.41) is 10.9. The van der Waals surface area contributed by atoms with Crippen molar-refractivity contribution < 1.29 is 18.3 Å². The summed E-state index contributed by atoms with van der Waals surface area (Å²) < 4.78 is 24.2. The number of hydrogen-bond donors (Lipinski definition) is 2. The van der Waals surface area contributed by atoms with Gasteiger partial charge in [0.15, 0.2) is 14.9 Å². The Hall–Kier alpha value is -1.45. The van der Waals surface area contributed by atoms with Crippen LogP contribution in [0, 0.1) is 6.92 Å². The molecular weight excluding hydrogens is 350 g/mol. The quantitative estimate of drug-likeness (QED) is 0.637. The van der Waals surface area contributed by atoms with Crippen molar-refractivity contribution in [3.63, 3.8) is 0 Å². The van der Waals surface area contributed by atoms with E-state index in [1.54, 1.807) is 13.8 Å². The average Bonchev–Trinajstić information content (AvgIpc) is 2.64. The van der Waals surface area contributed by atoms with E-state index in [1.165, 1.54) is 11.3 Å². The molecule has 0 spiro atoms. The first-order valence-electron chi connectivity index (χ1n) is 6.24. The first kappa shape index (κ1) is 16.9. The predicted octanol–water partition coefficient (Wildman–Crippen LogP) is 2.26. The molecule has 2 heterocycles. The number of fused-ring (bicyclic) bond motifs is 1. The van der Waals surface area contributed by atoms with Crippen LogP contribution in [0.15, 0.2) is 5.03 Å². The van der Waals surface area contributed by atoms with Crippen molar-refractivity contribution >= 4 is 49.1 Å². The number of aromatic nitrogens is 2. The van der Waals surface area contributed by atoms with Crippen LogP contribution in [0.2, 0.25) is 5.28 Å². The molecule has 0 aliphatic rings. The fourth-order valence-electron chi connectivity index (χ4n) is 2.07. The Morgan fingerprint density at radius 2 is 2.09 bits per heavy atom. The molecule has 7 nitrogen and oxygen atoms in total. The molecule has 2 aromatic heterocycles. The van der Waals surface area contributed by atoms with Crippen LogP contribution in [0.4, 0.5) is 4.79 Å². The van der Waals surface area contributed by atoms with Crippen molar-refractivity contribution in [2.24, 2.45) is 0 Å². The summed E-state index contributed by atoms with van der Waals surface area (Å²) in [4.78, 5) is 19.4. The van der Waals surface area contributed by atoms with Gasteiger partial charge in [0.2, 0.25) is 5.28 Å². The third kappa shape index (κ3) is 3.47. The maximum Gasteiger partial charge on any atom is 0.404 e. The van der Waals surface area contributed by atoms with Gasteiger partial charge in [0.25, 0.3) is 0 Å². The largest absolute Gasteiger partial charge is 0.465 e. The Morgan fingerprint density at radius 3 is 2.64 bits per heavy atom. The number of hydrogen-bond acceptors (Lipinski definition) is 6. The fourth-order valence-corrected chi connectivity index (χ4v) is 4.81. The molecule has 0 saturated carbocycles. The normalized spacial score (nSPS) is 13.3. The molecule has 2 aromatic rings. The highest BCUT2D eigenvalue weighted by Crippen LogP contribution is 2.34. The van der Waals surface area contributed by atoms with Gasteiger partial charge < -0.3 is 10.4 Å². The lowest BCUT2D eigenvalue weighted by molar-refractivity contribution is 0.191. The second-order valence-corrected chi connectivity index (χ2v) is 8.33. The Balaban J connectivity index is 2.56. The number of rotatable bonds is 4. The predicted molar refractivity (Wildman–Crippen MR) is 84.6 cm³/mol. The molecular formula is C12H14ClN3O4S2. The van der Waals surface area contributed by atoms with Crippen molar-refractivity contribution in [1.29, 1.82) is 0 Å². The van der Waals surface area contributed by atoms with E-state index in [9.17, 15) is 13.2 Å². The first-order chi connectivity index (χ1) is 10.1. The van der Waals surface area contributed by atoms with Crippen LogP contribution in [0.25, 0.3) is 10.2 Å². The topological polar surface area (TPSA) is 109 Å². The minimum atomic E-state index is -3.54. The van der Waals surface area contributed by atoms with Gasteiger partial charge in [-0.2, -0.15) is 0 Å². The highest BCUT2D eigenvalue weighted by molar-refractivity contribution is 7.91. The van der Waals surface area contributed by atoms with Crippen LogP contribution in [0.5, 0.6) is 0 Å². The van der Waals surface area contributed by atoms with Crippen LogP contribution in [-0.4, -0.2) is 41.9 Å². The standard InChI is InChI=1S/C12H14ClN3O4S2/c1-5(14-12(17)18)4-7-6(2)8-9(21-7)10(22(3,19)20)16-11(13)15-8/h5,14H,4H2,1-3H3,(H,17,18). The van der Waals surface area contributed by atoms with Crippen LogP contribution >= 0.6 is 22.9 Å². The van der Waals surface area contributed by atoms with E-state index in [0.717, 1.165) is 16.7 Å². The molecule has 0 saturated heterocycles. The molecule has 2 rings (SSSR count). The summed E-state index contributed by atoms with van der Waals surface area (Å²) in [6.07, 6.45) is 0.389. The van der Waals surface area contributed by atoms with Gasteiger partial charge in [-0.3, -0.25) is 0 Å². The highest BCUT2D eigenvalue weighted by Gasteiger charge is 2.22. The number of halogens is 1. The smallest absolute Gasteiger partial charge is 0.404 e. The molecule has 0 aliphatic carbocycles. The van der Waals surface area contributed by atoms with Gasteiger partial charge in [-0.05, 0) is 31.0 Å². The van der Waals surface area contributed by atoms with Gasteiger partial charge in [-0.15, -0.1) is 11.3 Å². The Bertz CT molecular complexity index is 848. The Kier molecular flexibility index (Phi) is 4.59. The number of carbonyl (C=O) groups is 1. The second-order valence-electron chi connectivity index (χ2n) is 4.95. The zero-order valence-electron chi connectivity index (χ0n) is 12.0. The van der Waals surface area contributed by atoms with E-state index in [-0.39, 0.29) is 16.4 Å². The molecule has 1 atom stereocenters. The van der Waals surface area contributed by atoms with Crippen molar-refractivity contribution in [2.75, 3.05) is 6.26 Å². The molecule has 120 valence electrons. The molecule has 22 heavy (non-hydrogen) atoms. The van der Waals surface area contributed by atoms with Gasteiger partial charge in [0.1, 0.15) is 0 Å². The lowest BCUT2D eigenvalue weighted by Crippen LogP contribution is -2.32. The van der Waals surface area contributed by atoms with Crippen molar-refractivity contribution in [2.45, 2.75) is 31.3 Å². The van der Waals surface area contributed by atoms with Crippen LogP contribution in [0.1, 0.15) is 17.4 Å². The Morgan fingerprint density at radius 1 is 1.45 bits per heavy atom. The molecule has 10 heteroatoms. The number of thiophene rings is 1. The lowest BCUT2D eigenvalue weighted by Gasteiger charge is -2.10. The summed E-state index contributed by atoms with van der Waals surface area (Å²) in [7, 11) is -3.54. The minimum Gasteiger partial charge on any atom is -0.465 e. The van der Waals surface area contributed by atoms with Gasteiger partial charge in [0.05, 0.1) is 10.2 Å². The summed E-state index contributed by atoms with van der Waals surface area (Å²) in [5.74, 6) is 0. The number of sulfone groups is 1. The summed E-state index contributed by atoms with van der Waals surface area (Å²) in [6, 6.07) is -0.311. The average molecular weight is 364 g/mol. The Labute approximate surface area is 136 Å². The summed E-state index contributed by atoms with van der Waals surface area (Å²) >= 11 is 7.06. The van der Waals surface area contributed by atoms with E-state index in [4.69, 9.17) is 16.7 Å². The van der Waals surface area contributed by atoms with Gasteiger partial charge in [-0.1, -0.05) is 0 Å². The van der Waals surface area contributed by atoms with Gasteiger partial charge in [-0.25, -0.2) is 23.2 Å². The molecule has 0 aromatic carbocycles. The number of carboxylic acid groups (broad SMARTS) is 1. The number of aryl methyl sites for hydroxylation is 1. The monoisotopic (exact) mass is 363 g/mol.